The molecule has 0 fully saturated rings. The lowest BCUT2D eigenvalue weighted by molar-refractivity contribution is -0.132. The minimum absolute atomic E-state index is 0.163. The fourth-order valence-corrected chi connectivity index (χ4v) is 1.98. The molecule has 2 unspecified atom stereocenters. The van der Waals surface area contributed by atoms with Crippen molar-refractivity contribution >= 4 is 5.91 Å². The number of rotatable bonds is 8. The summed E-state index contributed by atoms with van der Waals surface area (Å²) < 4.78 is 18.4. The van der Waals surface area contributed by atoms with Crippen LogP contribution in [0.5, 0.6) is 0 Å². The van der Waals surface area contributed by atoms with Crippen LogP contribution in [0.1, 0.15) is 38.8 Å². The fourth-order valence-electron chi connectivity index (χ4n) is 1.98. The molecule has 0 aliphatic heterocycles. The van der Waals surface area contributed by atoms with Gasteiger partial charge >= 0.3 is 0 Å². The third-order valence-corrected chi connectivity index (χ3v) is 3.25. The van der Waals surface area contributed by atoms with Crippen molar-refractivity contribution in [2.24, 2.45) is 5.92 Å². The molecule has 0 aliphatic rings. The Bertz CT molecular complexity index is 456. The topological polar surface area (TPSA) is 38.3 Å². The van der Waals surface area contributed by atoms with Crippen molar-refractivity contribution in [3.8, 4) is 0 Å². The summed E-state index contributed by atoms with van der Waals surface area (Å²) in [6.45, 7) is 9.83. The van der Waals surface area contributed by atoms with Crippen molar-refractivity contribution < 1.29 is 13.9 Å². The summed E-state index contributed by atoms with van der Waals surface area (Å²) in [6, 6.07) is 6.04. The van der Waals surface area contributed by atoms with E-state index >= 15 is 0 Å². The average Bonchev–Trinajstić information content (AvgIpc) is 2.45. The van der Waals surface area contributed by atoms with Crippen molar-refractivity contribution in [1.82, 2.24) is 5.32 Å². The summed E-state index contributed by atoms with van der Waals surface area (Å²) in [6.07, 6.45) is 1.94. The number of halogens is 1. The van der Waals surface area contributed by atoms with Crippen LogP contribution in [0.25, 0.3) is 0 Å². The Morgan fingerprint density at radius 1 is 1.33 bits per heavy atom. The second-order valence-corrected chi connectivity index (χ2v) is 5.37. The molecule has 0 saturated carbocycles. The minimum atomic E-state index is -0.522. The molecule has 4 heteroatoms. The van der Waals surface area contributed by atoms with Crippen LogP contribution in [0.15, 0.2) is 36.9 Å². The quantitative estimate of drug-likeness (QED) is 0.587. The van der Waals surface area contributed by atoms with Crippen LogP contribution in [-0.2, 0) is 9.53 Å². The number of hydrogen-bond donors (Lipinski definition) is 1. The van der Waals surface area contributed by atoms with Crippen molar-refractivity contribution in [2.75, 3.05) is 6.61 Å². The van der Waals surface area contributed by atoms with Gasteiger partial charge < -0.3 is 10.1 Å². The normalized spacial score (nSPS) is 13.8. The van der Waals surface area contributed by atoms with Gasteiger partial charge in [0.15, 0.2) is 0 Å². The van der Waals surface area contributed by atoms with Crippen LogP contribution in [-0.4, -0.2) is 18.6 Å². The largest absolute Gasteiger partial charge is 0.368 e. The lowest BCUT2D eigenvalue weighted by atomic mass is 9.96. The molecule has 3 nitrogen and oxygen atoms in total. The van der Waals surface area contributed by atoms with Crippen LogP contribution in [0.3, 0.4) is 0 Å². The second kappa shape index (κ2) is 8.57. The molecule has 1 aromatic carbocycles. The minimum Gasteiger partial charge on any atom is -0.368 e. The molecule has 21 heavy (non-hydrogen) atoms. The Balaban J connectivity index is 2.67. The van der Waals surface area contributed by atoms with Crippen molar-refractivity contribution in [2.45, 2.75) is 39.3 Å². The van der Waals surface area contributed by atoms with Gasteiger partial charge in [-0.2, -0.15) is 0 Å². The number of carbonyl (C=O) groups excluding carboxylic acids is 1. The van der Waals surface area contributed by atoms with Gasteiger partial charge in [-0.15, -0.1) is 6.58 Å². The first-order chi connectivity index (χ1) is 9.95. The van der Waals surface area contributed by atoms with Gasteiger partial charge in [0, 0.05) is 0 Å². The number of carbonyl (C=O) groups is 1. The molecule has 0 saturated heterocycles. The summed E-state index contributed by atoms with van der Waals surface area (Å²) in [5.41, 5.74) is 0.887. The summed E-state index contributed by atoms with van der Waals surface area (Å²) in [7, 11) is 0. The molecular formula is C17H24FNO2. The Hall–Kier alpha value is -1.68. The zero-order valence-corrected chi connectivity index (χ0v) is 12.9. The molecule has 1 N–H and O–H groups in total. The predicted molar refractivity (Wildman–Crippen MR) is 82.3 cm³/mol. The molecule has 1 aromatic rings. The van der Waals surface area contributed by atoms with Crippen LogP contribution in [0, 0.1) is 11.7 Å². The van der Waals surface area contributed by atoms with E-state index in [2.05, 4.69) is 11.9 Å². The first-order valence-electron chi connectivity index (χ1n) is 7.24. The third kappa shape index (κ3) is 5.68. The van der Waals surface area contributed by atoms with Gasteiger partial charge in [0.2, 0.25) is 5.91 Å². The summed E-state index contributed by atoms with van der Waals surface area (Å²) in [5, 5.41) is 2.97. The van der Waals surface area contributed by atoms with Gasteiger partial charge in [-0.1, -0.05) is 32.1 Å². The average molecular weight is 293 g/mol. The molecule has 0 bridgehead atoms. The first-order valence-corrected chi connectivity index (χ1v) is 7.24. The maximum Gasteiger partial charge on any atom is 0.249 e. The highest BCUT2D eigenvalue weighted by Crippen LogP contribution is 2.22. The van der Waals surface area contributed by atoms with Gasteiger partial charge in [0.25, 0.3) is 0 Å². The smallest absolute Gasteiger partial charge is 0.249 e. The molecule has 116 valence electrons. The molecule has 0 radical (unpaired) electrons. The van der Waals surface area contributed by atoms with Gasteiger partial charge in [-0.3, -0.25) is 4.79 Å². The van der Waals surface area contributed by atoms with Gasteiger partial charge in [-0.25, -0.2) is 4.39 Å². The van der Waals surface area contributed by atoms with Crippen LogP contribution >= 0.6 is 0 Å². The van der Waals surface area contributed by atoms with E-state index in [0.29, 0.717) is 13.0 Å². The number of amides is 1. The standard InChI is InChI=1S/C17H24FNO2/c1-5-6-11-21-13(4)17(20)19-16(12(2)3)14-7-9-15(18)10-8-14/h5,7-10,12-13,16H,1,6,11H2,2-4H3,(H,19,20). The Kier molecular flexibility index (Phi) is 7.09. The summed E-state index contributed by atoms with van der Waals surface area (Å²) in [4.78, 5) is 12.2. The van der Waals surface area contributed by atoms with Crippen LogP contribution < -0.4 is 5.32 Å². The fraction of sp³-hybridized carbons (Fsp3) is 0.471. The highest BCUT2D eigenvalue weighted by atomic mass is 19.1. The third-order valence-electron chi connectivity index (χ3n) is 3.25. The predicted octanol–water partition coefficient (Wildman–Crippen LogP) is 3.62. The van der Waals surface area contributed by atoms with Crippen molar-refractivity contribution in [3.05, 3.63) is 48.3 Å². The van der Waals surface area contributed by atoms with Gasteiger partial charge in [-0.05, 0) is 37.0 Å². The van der Waals surface area contributed by atoms with Gasteiger partial charge in [0.1, 0.15) is 11.9 Å². The second-order valence-electron chi connectivity index (χ2n) is 5.37. The van der Waals surface area contributed by atoms with E-state index in [1.54, 1.807) is 25.1 Å². The molecule has 0 aliphatic carbocycles. The van der Waals surface area contributed by atoms with Crippen molar-refractivity contribution in [1.29, 1.82) is 0 Å². The van der Waals surface area contributed by atoms with E-state index in [4.69, 9.17) is 4.74 Å². The Morgan fingerprint density at radius 2 is 1.95 bits per heavy atom. The summed E-state index contributed by atoms with van der Waals surface area (Å²) in [5.74, 6) is -0.254. The molecule has 2 atom stereocenters. The molecule has 0 spiro atoms. The van der Waals surface area contributed by atoms with E-state index in [0.717, 1.165) is 5.56 Å². The van der Waals surface area contributed by atoms with Crippen LogP contribution in [0.2, 0.25) is 0 Å². The zero-order chi connectivity index (χ0) is 15.8. The lowest BCUT2D eigenvalue weighted by Gasteiger charge is -2.24. The number of ether oxygens (including phenoxy) is 1. The highest BCUT2D eigenvalue weighted by molar-refractivity contribution is 5.80. The molecular weight excluding hydrogens is 269 g/mol. The van der Waals surface area contributed by atoms with Crippen molar-refractivity contribution in [3.63, 3.8) is 0 Å². The van der Waals surface area contributed by atoms with E-state index in [9.17, 15) is 9.18 Å². The molecule has 1 rings (SSSR count). The zero-order valence-electron chi connectivity index (χ0n) is 12.9. The summed E-state index contributed by atoms with van der Waals surface area (Å²) >= 11 is 0. The van der Waals surface area contributed by atoms with E-state index in [1.165, 1.54) is 12.1 Å². The van der Waals surface area contributed by atoms with E-state index in [-0.39, 0.29) is 23.7 Å². The number of hydrogen-bond acceptors (Lipinski definition) is 2. The molecule has 0 heterocycles. The maximum absolute atomic E-state index is 13.0. The first kappa shape index (κ1) is 17.4. The number of benzene rings is 1. The Morgan fingerprint density at radius 3 is 2.48 bits per heavy atom. The monoisotopic (exact) mass is 293 g/mol. The van der Waals surface area contributed by atoms with E-state index in [1.807, 2.05) is 13.8 Å². The lowest BCUT2D eigenvalue weighted by Crippen LogP contribution is -2.39. The van der Waals surface area contributed by atoms with E-state index < -0.39 is 6.10 Å². The number of nitrogens with one attached hydrogen (secondary N) is 1. The maximum atomic E-state index is 13.0. The molecule has 0 aromatic heterocycles. The van der Waals surface area contributed by atoms with Gasteiger partial charge in [0.05, 0.1) is 12.6 Å². The highest BCUT2D eigenvalue weighted by Gasteiger charge is 2.21. The SMILES string of the molecule is C=CCCOC(C)C(=O)NC(c1ccc(F)cc1)C(C)C. The molecule has 1 amide bonds. The van der Waals surface area contributed by atoms with Crippen LogP contribution in [0.4, 0.5) is 4.39 Å². The Labute approximate surface area is 126 Å².